The van der Waals surface area contributed by atoms with E-state index in [-0.39, 0.29) is 17.2 Å². The van der Waals surface area contributed by atoms with Crippen LogP contribution in [0.1, 0.15) is 39.3 Å². The summed E-state index contributed by atoms with van der Waals surface area (Å²) >= 11 is 0. The molecule has 0 aromatic carbocycles. The van der Waals surface area contributed by atoms with Gasteiger partial charge in [-0.2, -0.15) is 0 Å². The van der Waals surface area contributed by atoms with Crippen LogP contribution in [0.5, 0.6) is 0 Å². The quantitative estimate of drug-likeness (QED) is 0.369. The SMILES string of the molecule is CC(C)(C)CCC(=O)N1CCN(c2nccc(C(N)=NO)n2)CC1. The number of amides is 1. The fourth-order valence-corrected chi connectivity index (χ4v) is 2.49. The summed E-state index contributed by atoms with van der Waals surface area (Å²) in [6.45, 7) is 9.07. The highest BCUT2D eigenvalue weighted by Gasteiger charge is 2.24. The molecule has 8 heteroatoms. The number of carbonyl (C=O) groups excluding carboxylic acids is 1. The fourth-order valence-electron chi connectivity index (χ4n) is 2.49. The summed E-state index contributed by atoms with van der Waals surface area (Å²) in [4.78, 5) is 24.7. The van der Waals surface area contributed by atoms with Crippen molar-refractivity contribution in [3.05, 3.63) is 18.0 Å². The van der Waals surface area contributed by atoms with Crippen molar-refractivity contribution in [1.82, 2.24) is 14.9 Å². The smallest absolute Gasteiger partial charge is 0.226 e. The van der Waals surface area contributed by atoms with Crippen LogP contribution >= 0.6 is 0 Å². The van der Waals surface area contributed by atoms with Crippen LogP contribution in [0.3, 0.4) is 0 Å². The van der Waals surface area contributed by atoms with Gasteiger partial charge in [-0.3, -0.25) is 4.79 Å². The van der Waals surface area contributed by atoms with Crippen LogP contribution in [0.4, 0.5) is 5.95 Å². The van der Waals surface area contributed by atoms with E-state index >= 15 is 0 Å². The Bertz CT molecular complexity index is 603. The van der Waals surface area contributed by atoms with Crippen molar-refractivity contribution in [1.29, 1.82) is 0 Å². The standard InChI is InChI=1S/C16H26N6O2/c1-16(2,3)6-4-13(23)21-8-10-22(11-9-21)15-18-7-5-12(19-15)14(17)20-24/h5,7,24H,4,6,8-11H2,1-3H3,(H2,17,20). The van der Waals surface area contributed by atoms with Crippen LogP contribution in [-0.4, -0.2) is 58.0 Å². The molecule has 1 fully saturated rings. The maximum atomic E-state index is 12.3. The highest BCUT2D eigenvalue weighted by atomic mass is 16.4. The number of anilines is 1. The zero-order valence-corrected chi connectivity index (χ0v) is 14.6. The molecule has 2 heterocycles. The molecule has 0 saturated carbocycles. The van der Waals surface area contributed by atoms with E-state index in [2.05, 4.69) is 35.9 Å². The molecular formula is C16H26N6O2. The molecule has 0 atom stereocenters. The van der Waals surface area contributed by atoms with Gasteiger partial charge in [0.2, 0.25) is 11.9 Å². The van der Waals surface area contributed by atoms with Crippen molar-refractivity contribution in [2.45, 2.75) is 33.6 Å². The van der Waals surface area contributed by atoms with Crippen LogP contribution in [0.15, 0.2) is 17.4 Å². The number of oxime groups is 1. The number of rotatable bonds is 4. The van der Waals surface area contributed by atoms with Gasteiger partial charge in [0.1, 0.15) is 5.69 Å². The Hall–Kier alpha value is -2.38. The lowest BCUT2D eigenvalue weighted by atomic mass is 9.90. The largest absolute Gasteiger partial charge is 0.409 e. The molecule has 24 heavy (non-hydrogen) atoms. The van der Waals surface area contributed by atoms with Crippen LogP contribution in [0.25, 0.3) is 0 Å². The Morgan fingerprint density at radius 2 is 2.00 bits per heavy atom. The Morgan fingerprint density at radius 1 is 1.33 bits per heavy atom. The van der Waals surface area contributed by atoms with E-state index in [0.717, 1.165) is 6.42 Å². The number of nitrogens with two attached hydrogens (primary N) is 1. The first-order valence-electron chi connectivity index (χ1n) is 8.14. The molecule has 0 aliphatic carbocycles. The Balaban J connectivity index is 1.92. The van der Waals surface area contributed by atoms with Gasteiger partial charge in [-0.1, -0.05) is 25.9 Å². The van der Waals surface area contributed by atoms with E-state index in [1.54, 1.807) is 12.3 Å². The average molecular weight is 334 g/mol. The second-order valence-corrected chi connectivity index (χ2v) is 7.16. The molecule has 1 amide bonds. The molecule has 0 spiro atoms. The van der Waals surface area contributed by atoms with E-state index in [1.165, 1.54) is 0 Å². The summed E-state index contributed by atoms with van der Waals surface area (Å²) < 4.78 is 0. The molecule has 1 aliphatic rings. The van der Waals surface area contributed by atoms with Crippen LogP contribution in [0.2, 0.25) is 0 Å². The first-order chi connectivity index (χ1) is 11.3. The van der Waals surface area contributed by atoms with Gasteiger partial charge in [-0.25, -0.2) is 9.97 Å². The minimum Gasteiger partial charge on any atom is -0.409 e. The van der Waals surface area contributed by atoms with Crippen molar-refractivity contribution >= 4 is 17.7 Å². The van der Waals surface area contributed by atoms with Gasteiger partial charge >= 0.3 is 0 Å². The number of piperazine rings is 1. The Morgan fingerprint density at radius 3 is 2.58 bits per heavy atom. The van der Waals surface area contributed by atoms with Gasteiger partial charge < -0.3 is 20.7 Å². The van der Waals surface area contributed by atoms with Gasteiger partial charge in [-0.05, 0) is 17.9 Å². The molecule has 8 nitrogen and oxygen atoms in total. The first kappa shape index (κ1) is 18.0. The van der Waals surface area contributed by atoms with Gasteiger partial charge in [0.15, 0.2) is 5.84 Å². The molecule has 1 aromatic rings. The monoisotopic (exact) mass is 334 g/mol. The zero-order chi connectivity index (χ0) is 17.7. The van der Waals surface area contributed by atoms with Crippen molar-refractivity contribution in [2.75, 3.05) is 31.1 Å². The van der Waals surface area contributed by atoms with Gasteiger partial charge in [0, 0.05) is 38.8 Å². The minimum absolute atomic E-state index is 0.0466. The van der Waals surface area contributed by atoms with Crippen molar-refractivity contribution in [3.8, 4) is 0 Å². The Kier molecular flexibility index (Phi) is 5.58. The van der Waals surface area contributed by atoms with Gasteiger partial charge in [0.05, 0.1) is 0 Å². The fraction of sp³-hybridized carbons (Fsp3) is 0.625. The topological polar surface area (TPSA) is 108 Å². The van der Waals surface area contributed by atoms with Gasteiger partial charge in [-0.15, -0.1) is 0 Å². The van der Waals surface area contributed by atoms with E-state index in [4.69, 9.17) is 10.9 Å². The summed E-state index contributed by atoms with van der Waals surface area (Å²) in [7, 11) is 0. The van der Waals surface area contributed by atoms with Crippen LogP contribution in [0, 0.1) is 5.41 Å². The van der Waals surface area contributed by atoms with Crippen LogP contribution < -0.4 is 10.6 Å². The third-order valence-corrected chi connectivity index (χ3v) is 4.02. The molecular weight excluding hydrogens is 308 g/mol. The number of carbonyl (C=O) groups is 1. The predicted molar refractivity (Wildman–Crippen MR) is 92.0 cm³/mol. The van der Waals surface area contributed by atoms with Crippen molar-refractivity contribution in [3.63, 3.8) is 0 Å². The molecule has 1 aliphatic heterocycles. The lowest BCUT2D eigenvalue weighted by Gasteiger charge is -2.35. The second-order valence-electron chi connectivity index (χ2n) is 7.16. The van der Waals surface area contributed by atoms with E-state index in [9.17, 15) is 4.79 Å². The second kappa shape index (κ2) is 7.46. The summed E-state index contributed by atoms with van der Waals surface area (Å²) in [5.74, 6) is 0.687. The third-order valence-electron chi connectivity index (χ3n) is 4.02. The molecule has 132 valence electrons. The molecule has 1 aromatic heterocycles. The lowest BCUT2D eigenvalue weighted by molar-refractivity contribution is -0.132. The van der Waals surface area contributed by atoms with Crippen LogP contribution in [-0.2, 0) is 4.79 Å². The summed E-state index contributed by atoms with van der Waals surface area (Å²) in [5.41, 5.74) is 6.11. The highest BCUT2D eigenvalue weighted by Crippen LogP contribution is 2.21. The number of nitrogens with zero attached hydrogens (tertiary/aromatic N) is 5. The third kappa shape index (κ3) is 4.81. The lowest BCUT2D eigenvalue weighted by Crippen LogP contribution is -2.49. The Labute approximate surface area is 142 Å². The molecule has 2 rings (SSSR count). The molecule has 0 unspecified atom stereocenters. The number of hydrogen-bond acceptors (Lipinski definition) is 6. The summed E-state index contributed by atoms with van der Waals surface area (Å²) in [5, 5.41) is 11.7. The molecule has 1 saturated heterocycles. The summed E-state index contributed by atoms with van der Waals surface area (Å²) in [6, 6.07) is 1.59. The van der Waals surface area contributed by atoms with E-state index in [1.807, 2.05) is 9.80 Å². The maximum Gasteiger partial charge on any atom is 0.226 e. The average Bonchev–Trinajstić information content (AvgIpc) is 2.58. The van der Waals surface area contributed by atoms with Crippen molar-refractivity contribution < 1.29 is 10.0 Å². The first-order valence-corrected chi connectivity index (χ1v) is 8.14. The van der Waals surface area contributed by atoms with Gasteiger partial charge in [0.25, 0.3) is 0 Å². The number of aromatic nitrogens is 2. The highest BCUT2D eigenvalue weighted by molar-refractivity contribution is 5.95. The zero-order valence-electron chi connectivity index (χ0n) is 14.6. The molecule has 0 bridgehead atoms. The van der Waals surface area contributed by atoms with E-state index in [0.29, 0.717) is 44.2 Å². The summed E-state index contributed by atoms with van der Waals surface area (Å²) in [6.07, 6.45) is 3.05. The molecule has 3 N–H and O–H groups in total. The number of hydrogen-bond donors (Lipinski definition) is 2. The normalized spacial score (nSPS) is 16.4. The van der Waals surface area contributed by atoms with Crippen molar-refractivity contribution in [2.24, 2.45) is 16.3 Å². The minimum atomic E-state index is -0.0466. The predicted octanol–water partition coefficient (Wildman–Crippen LogP) is 1.05. The van der Waals surface area contributed by atoms with E-state index < -0.39 is 0 Å². The number of amidine groups is 1. The molecule has 0 radical (unpaired) electrons. The maximum absolute atomic E-state index is 12.3.